The van der Waals surface area contributed by atoms with Crippen LogP contribution in [0.2, 0.25) is 0 Å². The number of benzene rings is 1. The maximum Gasteiger partial charge on any atom is 0.263 e. The zero-order chi connectivity index (χ0) is 18.8. The largest absolute Gasteiger partial charge is 0.352 e. The number of thiazole rings is 1. The van der Waals surface area contributed by atoms with Gasteiger partial charge in [-0.1, -0.05) is 12.1 Å². The normalized spacial score (nSPS) is 13.5. The molecular formula is C21H23N3O2S. The second-order valence-electron chi connectivity index (χ2n) is 7.04. The number of para-hydroxylation sites is 1. The van der Waals surface area contributed by atoms with Crippen molar-refractivity contribution in [3.05, 3.63) is 62.5 Å². The van der Waals surface area contributed by atoms with Crippen LogP contribution >= 0.6 is 11.3 Å². The fraction of sp³-hybridized carbons (Fsp3) is 0.381. The van der Waals surface area contributed by atoms with Gasteiger partial charge < -0.3 is 9.88 Å². The van der Waals surface area contributed by atoms with Crippen molar-refractivity contribution in [2.24, 2.45) is 7.05 Å². The molecular weight excluding hydrogens is 358 g/mol. The third kappa shape index (κ3) is 3.67. The number of nitrogens with zero attached hydrogens (tertiary/aromatic N) is 2. The average molecular weight is 382 g/mol. The minimum absolute atomic E-state index is 0.195. The van der Waals surface area contributed by atoms with Gasteiger partial charge in [0.05, 0.1) is 15.2 Å². The van der Waals surface area contributed by atoms with Crippen LogP contribution in [0.5, 0.6) is 0 Å². The van der Waals surface area contributed by atoms with Crippen molar-refractivity contribution < 1.29 is 4.79 Å². The van der Waals surface area contributed by atoms with Crippen LogP contribution in [0.1, 0.15) is 45.9 Å². The second-order valence-corrected chi connectivity index (χ2v) is 8.15. The van der Waals surface area contributed by atoms with Crippen molar-refractivity contribution in [2.75, 3.05) is 6.54 Å². The van der Waals surface area contributed by atoms with E-state index in [0.717, 1.165) is 60.3 Å². The van der Waals surface area contributed by atoms with E-state index in [2.05, 4.69) is 16.4 Å². The van der Waals surface area contributed by atoms with E-state index >= 15 is 0 Å². The molecule has 1 N–H and O–H groups in total. The molecule has 4 rings (SSSR count). The molecule has 140 valence electrons. The fourth-order valence-corrected chi connectivity index (χ4v) is 4.73. The Morgan fingerprint density at radius 3 is 2.93 bits per heavy atom. The third-order valence-electron chi connectivity index (χ3n) is 5.17. The highest BCUT2D eigenvalue weighted by molar-refractivity contribution is 7.18. The van der Waals surface area contributed by atoms with Gasteiger partial charge in [0.15, 0.2) is 0 Å². The van der Waals surface area contributed by atoms with Crippen LogP contribution in [0.4, 0.5) is 0 Å². The maximum absolute atomic E-state index is 12.5. The van der Waals surface area contributed by atoms with E-state index in [1.165, 1.54) is 4.70 Å². The van der Waals surface area contributed by atoms with Gasteiger partial charge >= 0.3 is 0 Å². The molecule has 0 radical (unpaired) electrons. The summed E-state index contributed by atoms with van der Waals surface area (Å²) < 4.78 is 2.85. The molecule has 2 heterocycles. The molecule has 1 aromatic carbocycles. The molecule has 0 atom stereocenters. The van der Waals surface area contributed by atoms with Crippen LogP contribution in [0, 0.1) is 0 Å². The molecule has 0 aliphatic heterocycles. The third-order valence-corrected chi connectivity index (χ3v) is 6.27. The number of carbonyl (C=O) groups excluding carboxylic acids is 1. The summed E-state index contributed by atoms with van der Waals surface area (Å²) in [6.07, 6.45) is 5.72. The zero-order valence-electron chi connectivity index (χ0n) is 15.5. The Morgan fingerprint density at radius 2 is 2.07 bits per heavy atom. The van der Waals surface area contributed by atoms with Crippen LogP contribution in [0.3, 0.4) is 0 Å². The molecule has 3 aromatic rings. The number of hydrogen-bond donors (Lipinski definition) is 1. The predicted octanol–water partition coefficient (Wildman–Crippen LogP) is 3.24. The number of rotatable bonds is 5. The molecule has 0 spiro atoms. The topological polar surface area (TPSA) is 64.0 Å². The highest BCUT2D eigenvalue weighted by Crippen LogP contribution is 2.22. The van der Waals surface area contributed by atoms with Gasteiger partial charge in [0.1, 0.15) is 5.56 Å². The first kappa shape index (κ1) is 17.9. The van der Waals surface area contributed by atoms with Gasteiger partial charge in [-0.3, -0.25) is 9.59 Å². The molecule has 27 heavy (non-hydrogen) atoms. The number of aryl methyl sites for hydroxylation is 2. The highest BCUT2D eigenvalue weighted by Gasteiger charge is 2.19. The Balaban J connectivity index is 1.38. The minimum Gasteiger partial charge on any atom is -0.352 e. The van der Waals surface area contributed by atoms with Crippen LogP contribution in [-0.2, 0) is 26.3 Å². The molecule has 6 heteroatoms. The van der Waals surface area contributed by atoms with E-state index in [1.54, 1.807) is 29.0 Å². The summed E-state index contributed by atoms with van der Waals surface area (Å²) in [5.41, 5.74) is 3.32. The Morgan fingerprint density at radius 1 is 1.26 bits per heavy atom. The Hall–Kier alpha value is -2.47. The van der Waals surface area contributed by atoms with Gasteiger partial charge in [-0.05, 0) is 55.9 Å². The number of carbonyl (C=O) groups is 1. The van der Waals surface area contributed by atoms with E-state index in [1.807, 2.05) is 18.2 Å². The van der Waals surface area contributed by atoms with Gasteiger partial charge in [-0.25, -0.2) is 4.98 Å². The van der Waals surface area contributed by atoms with Gasteiger partial charge in [-0.2, -0.15) is 0 Å². The molecule has 1 amide bonds. The molecule has 2 aromatic heterocycles. The number of nitrogens with one attached hydrogen (secondary N) is 1. The summed E-state index contributed by atoms with van der Waals surface area (Å²) >= 11 is 1.70. The summed E-state index contributed by atoms with van der Waals surface area (Å²) in [7, 11) is 1.77. The Kier molecular flexibility index (Phi) is 5.07. The lowest BCUT2D eigenvalue weighted by atomic mass is 9.94. The first-order valence-electron chi connectivity index (χ1n) is 9.48. The van der Waals surface area contributed by atoms with E-state index in [4.69, 9.17) is 0 Å². The van der Waals surface area contributed by atoms with Crippen molar-refractivity contribution in [2.45, 2.75) is 38.5 Å². The van der Waals surface area contributed by atoms with Crippen LogP contribution in [0.25, 0.3) is 10.2 Å². The molecule has 5 nitrogen and oxygen atoms in total. The summed E-state index contributed by atoms with van der Waals surface area (Å²) in [5, 5.41) is 3.98. The summed E-state index contributed by atoms with van der Waals surface area (Å²) in [5.74, 6) is -0.270. The maximum atomic E-state index is 12.5. The lowest BCUT2D eigenvalue weighted by molar-refractivity contribution is 0.0951. The lowest BCUT2D eigenvalue weighted by Gasteiger charge is -2.20. The van der Waals surface area contributed by atoms with Gasteiger partial charge in [-0.15, -0.1) is 11.3 Å². The molecule has 0 saturated carbocycles. The molecule has 0 unspecified atom stereocenters. The predicted molar refractivity (Wildman–Crippen MR) is 109 cm³/mol. The smallest absolute Gasteiger partial charge is 0.263 e. The molecule has 0 fully saturated rings. The Bertz CT molecular complexity index is 1020. The minimum atomic E-state index is -0.270. The van der Waals surface area contributed by atoms with Crippen molar-refractivity contribution in [1.29, 1.82) is 0 Å². The average Bonchev–Trinajstić information content (AvgIpc) is 3.11. The fourth-order valence-electron chi connectivity index (χ4n) is 3.72. The number of hydrogen-bond acceptors (Lipinski definition) is 4. The van der Waals surface area contributed by atoms with Gasteiger partial charge in [0.2, 0.25) is 0 Å². The summed E-state index contributed by atoms with van der Waals surface area (Å²) in [4.78, 5) is 29.7. The molecule has 0 saturated heterocycles. The Labute approximate surface area is 162 Å². The second kappa shape index (κ2) is 7.64. The van der Waals surface area contributed by atoms with Crippen molar-refractivity contribution >= 4 is 27.5 Å². The standard InChI is InChI=1S/C21H23N3O2S/c1-24-17-9-4-2-7-14(17)13-15(21(24)26)20(25)22-12-6-11-19-23-16-8-3-5-10-18(16)27-19/h3,5,8,10,13H,2,4,6-7,9,11-12H2,1H3,(H,22,25). The molecule has 1 aliphatic rings. The van der Waals surface area contributed by atoms with Crippen molar-refractivity contribution in [3.63, 3.8) is 0 Å². The van der Waals surface area contributed by atoms with Crippen LogP contribution < -0.4 is 10.9 Å². The van der Waals surface area contributed by atoms with Crippen LogP contribution in [0.15, 0.2) is 35.1 Å². The first-order valence-corrected chi connectivity index (χ1v) is 10.3. The number of fused-ring (bicyclic) bond motifs is 2. The number of pyridine rings is 1. The van der Waals surface area contributed by atoms with Crippen molar-refractivity contribution in [1.82, 2.24) is 14.9 Å². The number of amides is 1. The highest BCUT2D eigenvalue weighted by atomic mass is 32.1. The van der Waals surface area contributed by atoms with E-state index < -0.39 is 0 Å². The van der Waals surface area contributed by atoms with E-state index in [0.29, 0.717) is 6.54 Å². The van der Waals surface area contributed by atoms with Gasteiger partial charge in [0, 0.05) is 25.7 Å². The molecule has 1 aliphatic carbocycles. The first-order chi connectivity index (χ1) is 13.1. The summed E-state index contributed by atoms with van der Waals surface area (Å²) in [6, 6.07) is 9.90. The molecule has 0 bridgehead atoms. The van der Waals surface area contributed by atoms with E-state index in [9.17, 15) is 9.59 Å². The van der Waals surface area contributed by atoms with Crippen molar-refractivity contribution in [3.8, 4) is 0 Å². The SMILES string of the molecule is Cn1c2c(cc(C(=O)NCCCc3nc4ccccc4s3)c1=O)CCCC2. The monoisotopic (exact) mass is 381 g/mol. The van der Waals surface area contributed by atoms with Crippen LogP contribution in [-0.4, -0.2) is 22.0 Å². The number of aromatic nitrogens is 2. The summed E-state index contributed by atoms with van der Waals surface area (Å²) in [6.45, 7) is 0.537. The quantitative estimate of drug-likeness (QED) is 0.690. The zero-order valence-corrected chi connectivity index (χ0v) is 16.3. The lowest BCUT2D eigenvalue weighted by Crippen LogP contribution is -2.35. The van der Waals surface area contributed by atoms with Gasteiger partial charge in [0.25, 0.3) is 11.5 Å². The van der Waals surface area contributed by atoms with E-state index in [-0.39, 0.29) is 17.0 Å².